The maximum absolute atomic E-state index is 12.0. The molecule has 4 rings (SSSR count). The summed E-state index contributed by atoms with van der Waals surface area (Å²) in [6.45, 7) is 1.43. The Bertz CT molecular complexity index is 1640. The van der Waals surface area contributed by atoms with Crippen molar-refractivity contribution in [3.63, 3.8) is 0 Å². The second-order valence-electron chi connectivity index (χ2n) is 7.07. The van der Waals surface area contributed by atoms with Gasteiger partial charge in [0.15, 0.2) is 5.65 Å². The topological polar surface area (TPSA) is 189 Å². The molecule has 2 heterocycles. The van der Waals surface area contributed by atoms with Gasteiger partial charge in [-0.05, 0) is 24.3 Å². The molecule has 3 N–H and O–H groups in total. The summed E-state index contributed by atoms with van der Waals surface area (Å²) in [6, 6.07) is 9.40. The molecule has 1 amide bonds. The Morgan fingerprint density at radius 1 is 1.19 bits per heavy atom. The summed E-state index contributed by atoms with van der Waals surface area (Å²) in [7, 11) is 3.01. The number of non-ortho nitro benzene ring substituents is 1. The third kappa shape index (κ3) is 6.72. The van der Waals surface area contributed by atoms with E-state index in [1.54, 1.807) is 13.1 Å². The number of aromatic nitrogens is 4. The van der Waals surface area contributed by atoms with Crippen molar-refractivity contribution < 1.29 is 14.8 Å². The van der Waals surface area contributed by atoms with Crippen LogP contribution in [-0.4, -0.2) is 35.0 Å². The lowest BCUT2D eigenvalue weighted by Gasteiger charge is -2.08. The molecule has 0 fully saturated rings. The van der Waals surface area contributed by atoms with E-state index in [1.807, 2.05) is 0 Å². The monoisotopic (exact) mass is 547 g/mol. The highest BCUT2D eigenvalue weighted by atomic mass is 35.5. The number of nitriles is 1. The summed E-state index contributed by atoms with van der Waals surface area (Å²) in [6.07, 6.45) is 1.39. The van der Waals surface area contributed by atoms with Gasteiger partial charge in [-0.2, -0.15) is 5.26 Å². The van der Waals surface area contributed by atoms with Crippen LogP contribution in [0.4, 0.5) is 11.4 Å². The first-order valence-electron chi connectivity index (χ1n) is 10.1. The average Bonchev–Trinajstić information content (AvgIpc) is 3.35. The minimum absolute atomic E-state index is 0.0130. The zero-order valence-electron chi connectivity index (χ0n) is 19.5. The molecule has 0 radical (unpaired) electrons. The summed E-state index contributed by atoms with van der Waals surface area (Å²) >= 11 is 11.6. The minimum atomic E-state index is -0.634. The van der Waals surface area contributed by atoms with Crippen LogP contribution in [-0.2, 0) is 14.1 Å². The number of aromatic hydroxyl groups is 1. The van der Waals surface area contributed by atoms with Gasteiger partial charge in [-0.15, -0.1) is 0 Å². The van der Waals surface area contributed by atoms with Crippen LogP contribution in [0.2, 0.25) is 10.0 Å². The number of amides is 1. The molecule has 0 aliphatic rings. The number of hydrogen-bond donors (Lipinski definition) is 3. The van der Waals surface area contributed by atoms with Crippen molar-refractivity contribution >= 4 is 51.6 Å². The summed E-state index contributed by atoms with van der Waals surface area (Å²) in [4.78, 5) is 51.4. The zero-order valence-corrected chi connectivity index (χ0v) is 21.0. The number of nitrogens with zero attached hydrogens (tertiary/aromatic N) is 5. The van der Waals surface area contributed by atoms with E-state index in [4.69, 9.17) is 28.5 Å². The molecule has 0 aliphatic heterocycles. The van der Waals surface area contributed by atoms with Crippen LogP contribution in [0.25, 0.3) is 11.2 Å². The molecule has 4 aromatic rings. The number of rotatable bonds is 3. The predicted molar refractivity (Wildman–Crippen MR) is 137 cm³/mol. The molecule has 37 heavy (non-hydrogen) atoms. The molecule has 0 saturated heterocycles. The molecule has 0 bridgehead atoms. The quantitative estimate of drug-likeness (QED) is 0.257. The Balaban J connectivity index is 0.000000256. The molecule has 2 aromatic heterocycles. The maximum atomic E-state index is 12.0. The van der Waals surface area contributed by atoms with Gasteiger partial charge in [0, 0.05) is 38.2 Å². The molecule has 13 nitrogen and oxygen atoms in total. The molecular formula is C22H19Cl2N7O6. The first kappa shape index (κ1) is 28.6. The van der Waals surface area contributed by atoms with Crippen LogP contribution in [0.15, 0.2) is 52.3 Å². The lowest BCUT2D eigenvalue weighted by molar-refractivity contribution is -0.384. The minimum Gasteiger partial charge on any atom is -0.507 e. The Morgan fingerprint density at radius 3 is 2.43 bits per heavy atom. The number of carbonyl (C=O) groups excluding carboxylic acids is 1. The molecule has 192 valence electrons. The third-order valence-corrected chi connectivity index (χ3v) is 5.19. The number of anilines is 1. The fourth-order valence-corrected chi connectivity index (χ4v) is 3.26. The summed E-state index contributed by atoms with van der Waals surface area (Å²) in [5, 5.41) is 30.3. The van der Waals surface area contributed by atoms with Crippen LogP contribution < -0.4 is 16.6 Å². The number of benzene rings is 2. The Labute approximate surface area is 218 Å². The SMILES string of the molecule is CC#N.Cn1c(=O)c2[nH]cnc2n(C)c1=O.O=C(Nc1ccc([N+](=O)[O-])cc1Cl)c1cc(Cl)ccc1O. The van der Waals surface area contributed by atoms with Crippen molar-refractivity contribution in [2.45, 2.75) is 6.92 Å². The fourth-order valence-electron chi connectivity index (χ4n) is 2.87. The van der Waals surface area contributed by atoms with Gasteiger partial charge in [0.2, 0.25) is 0 Å². The molecule has 0 unspecified atom stereocenters. The van der Waals surface area contributed by atoms with E-state index >= 15 is 0 Å². The fraction of sp³-hybridized carbons (Fsp3) is 0.136. The lowest BCUT2D eigenvalue weighted by atomic mass is 10.2. The lowest BCUT2D eigenvalue weighted by Crippen LogP contribution is -2.36. The van der Waals surface area contributed by atoms with Crippen LogP contribution in [0.3, 0.4) is 0 Å². The van der Waals surface area contributed by atoms with Gasteiger partial charge >= 0.3 is 5.69 Å². The number of nitrogens with one attached hydrogen (secondary N) is 2. The van der Waals surface area contributed by atoms with Crippen molar-refractivity contribution in [1.29, 1.82) is 5.26 Å². The number of carbonyl (C=O) groups is 1. The number of imidazole rings is 1. The number of halogens is 2. The number of nitro benzene ring substituents is 1. The molecule has 0 saturated carbocycles. The highest BCUT2D eigenvalue weighted by molar-refractivity contribution is 6.34. The van der Waals surface area contributed by atoms with Gasteiger partial charge in [0.05, 0.1) is 33.6 Å². The van der Waals surface area contributed by atoms with E-state index in [0.717, 1.165) is 10.6 Å². The third-order valence-electron chi connectivity index (χ3n) is 4.64. The predicted octanol–water partition coefficient (Wildman–Crippen LogP) is 3.35. The number of aromatic amines is 1. The first-order chi connectivity index (χ1) is 17.4. The van der Waals surface area contributed by atoms with E-state index in [0.29, 0.717) is 11.2 Å². The Morgan fingerprint density at radius 2 is 1.84 bits per heavy atom. The molecule has 0 spiro atoms. The molecule has 0 aliphatic carbocycles. The Kier molecular flexibility index (Phi) is 9.53. The normalized spacial score (nSPS) is 9.84. The summed E-state index contributed by atoms with van der Waals surface area (Å²) in [5.74, 6) is -0.874. The number of fused-ring (bicyclic) bond motifs is 1. The van der Waals surface area contributed by atoms with Gasteiger partial charge in [0.25, 0.3) is 17.2 Å². The zero-order chi connectivity index (χ0) is 27.9. The van der Waals surface area contributed by atoms with Crippen LogP contribution >= 0.6 is 23.2 Å². The van der Waals surface area contributed by atoms with Crippen LogP contribution in [0.1, 0.15) is 17.3 Å². The largest absolute Gasteiger partial charge is 0.507 e. The molecule has 2 aromatic carbocycles. The second kappa shape index (κ2) is 12.3. The highest BCUT2D eigenvalue weighted by Gasteiger charge is 2.15. The maximum Gasteiger partial charge on any atom is 0.332 e. The number of phenols is 1. The van der Waals surface area contributed by atoms with Gasteiger partial charge in [-0.3, -0.25) is 28.8 Å². The molecule has 15 heteroatoms. The number of nitro groups is 1. The van der Waals surface area contributed by atoms with Crippen molar-refractivity contribution in [2.24, 2.45) is 14.1 Å². The van der Waals surface area contributed by atoms with Crippen molar-refractivity contribution in [3.8, 4) is 11.8 Å². The second-order valence-corrected chi connectivity index (χ2v) is 7.91. The van der Waals surface area contributed by atoms with E-state index in [1.165, 1.54) is 55.2 Å². The van der Waals surface area contributed by atoms with E-state index in [2.05, 4.69) is 15.3 Å². The summed E-state index contributed by atoms with van der Waals surface area (Å²) in [5.41, 5.74) is -0.0231. The summed E-state index contributed by atoms with van der Waals surface area (Å²) < 4.78 is 2.37. The van der Waals surface area contributed by atoms with Gasteiger partial charge in [-0.1, -0.05) is 23.2 Å². The van der Waals surface area contributed by atoms with Gasteiger partial charge in [-0.25, -0.2) is 9.78 Å². The number of H-pyrrole nitrogens is 1. The molecule has 0 atom stereocenters. The first-order valence-corrected chi connectivity index (χ1v) is 10.8. The smallest absolute Gasteiger partial charge is 0.332 e. The van der Waals surface area contributed by atoms with Crippen LogP contribution in [0.5, 0.6) is 5.75 Å². The number of phenolic OH excluding ortho intramolecular Hbond substituents is 1. The van der Waals surface area contributed by atoms with Gasteiger partial charge in [0.1, 0.15) is 11.3 Å². The van der Waals surface area contributed by atoms with E-state index in [-0.39, 0.29) is 44.0 Å². The number of aryl methyl sites for hydroxylation is 1. The van der Waals surface area contributed by atoms with Crippen LogP contribution in [0, 0.1) is 21.4 Å². The van der Waals surface area contributed by atoms with E-state index in [9.17, 15) is 29.6 Å². The average molecular weight is 548 g/mol. The standard InChI is InChI=1S/C13H8Cl2N2O4.C7H8N4O2.C2H3N/c14-7-1-4-12(18)9(5-7)13(19)16-11-3-2-8(17(20)21)6-10(11)15;1-10-5-4(8-3-9-5)6(12)11(2)7(10)13;1-2-3/h1-6,18H,(H,16,19);3H,1-2H3,(H,8,9);1H3. The van der Waals surface area contributed by atoms with Gasteiger partial charge < -0.3 is 15.4 Å². The number of hydrogen-bond acceptors (Lipinski definition) is 8. The Hall–Kier alpha value is -4.67. The van der Waals surface area contributed by atoms with Crippen molar-refractivity contribution in [1.82, 2.24) is 19.1 Å². The van der Waals surface area contributed by atoms with Crippen molar-refractivity contribution in [2.75, 3.05) is 5.32 Å². The van der Waals surface area contributed by atoms with Crippen molar-refractivity contribution in [3.05, 3.63) is 89.3 Å². The molecular weight excluding hydrogens is 529 g/mol. The highest BCUT2D eigenvalue weighted by Crippen LogP contribution is 2.28. The van der Waals surface area contributed by atoms with E-state index < -0.39 is 10.8 Å².